The Morgan fingerprint density at radius 2 is 2.21 bits per heavy atom. The van der Waals surface area contributed by atoms with Gasteiger partial charge in [-0.2, -0.15) is 4.98 Å². The molecule has 0 bridgehead atoms. The summed E-state index contributed by atoms with van der Waals surface area (Å²) in [6.07, 6.45) is 1.34. The third kappa shape index (κ3) is 3.71. The van der Waals surface area contributed by atoms with Crippen molar-refractivity contribution in [2.45, 2.75) is 32.7 Å². The number of rotatable bonds is 6. The van der Waals surface area contributed by atoms with Crippen LogP contribution in [0.3, 0.4) is 0 Å². The van der Waals surface area contributed by atoms with E-state index < -0.39 is 0 Å². The summed E-state index contributed by atoms with van der Waals surface area (Å²) in [5.74, 6) is 0.0398. The van der Waals surface area contributed by atoms with E-state index >= 15 is 0 Å². The molecule has 0 fully saturated rings. The second kappa shape index (κ2) is 6.22. The van der Waals surface area contributed by atoms with E-state index in [9.17, 15) is 4.79 Å². The van der Waals surface area contributed by atoms with Crippen molar-refractivity contribution in [1.29, 1.82) is 0 Å². The normalized spacial score (nSPS) is 12.3. The van der Waals surface area contributed by atoms with E-state index in [-0.39, 0.29) is 11.9 Å². The van der Waals surface area contributed by atoms with Crippen LogP contribution in [0.2, 0.25) is 0 Å². The SMILES string of the molecule is CCC(C)NC(=O)CCNc1nc2ccccc2o1. The van der Waals surface area contributed by atoms with E-state index in [4.69, 9.17) is 4.42 Å². The molecule has 0 radical (unpaired) electrons. The van der Waals surface area contributed by atoms with Crippen molar-refractivity contribution in [1.82, 2.24) is 10.3 Å². The van der Waals surface area contributed by atoms with Crippen molar-refractivity contribution in [3.8, 4) is 0 Å². The predicted molar refractivity (Wildman–Crippen MR) is 75.0 cm³/mol. The summed E-state index contributed by atoms with van der Waals surface area (Å²) in [6.45, 7) is 4.54. The monoisotopic (exact) mass is 261 g/mol. The minimum atomic E-state index is 0.0398. The summed E-state index contributed by atoms with van der Waals surface area (Å²) >= 11 is 0. The molecule has 1 atom stereocenters. The third-order valence-electron chi connectivity index (χ3n) is 2.94. The van der Waals surface area contributed by atoms with Crippen LogP contribution >= 0.6 is 0 Å². The van der Waals surface area contributed by atoms with E-state index in [1.165, 1.54) is 0 Å². The van der Waals surface area contributed by atoms with Gasteiger partial charge in [0.1, 0.15) is 5.52 Å². The lowest BCUT2D eigenvalue weighted by molar-refractivity contribution is -0.121. The van der Waals surface area contributed by atoms with Crippen molar-refractivity contribution in [3.63, 3.8) is 0 Å². The lowest BCUT2D eigenvalue weighted by Crippen LogP contribution is -2.32. The molecule has 2 rings (SSSR count). The molecule has 1 heterocycles. The van der Waals surface area contributed by atoms with Crippen LogP contribution in [0.15, 0.2) is 28.7 Å². The minimum absolute atomic E-state index is 0.0398. The van der Waals surface area contributed by atoms with Crippen LogP contribution in [0.5, 0.6) is 0 Å². The maximum Gasteiger partial charge on any atom is 0.295 e. The number of nitrogens with zero attached hydrogens (tertiary/aromatic N) is 1. The van der Waals surface area contributed by atoms with Crippen LogP contribution < -0.4 is 10.6 Å². The van der Waals surface area contributed by atoms with Gasteiger partial charge in [-0.05, 0) is 25.5 Å². The molecule has 1 unspecified atom stereocenters. The zero-order valence-corrected chi connectivity index (χ0v) is 11.3. The number of anilines is 1. The Kier molecular flexibility index (Phi) is 4.39. The van der Waals surface area contributed by atoms with Crippen molar-refractivity contribution >= 4 is 23.0 Å². The number of hydrogen-bond donors (Lipinski definition) is 2. The molecule has 5 heteroatoms. The van der Waals surface area contributed by atoms with Crippen LogP contribution in [0, 0.1) is 0 Å². The van der Waals surface area contributed by atoms with Gasteiger partial charge >= 0.3 is 0 Å². The van der Waals surface area contributed by atoms with Gasteiger partial charge in [0.2, 0.25) is 5.91 Å². The Morgan fingerprint density at radius 3 is 2.95 bits per heavy atom. The van der Waals surface area contributed by atoms with Crippen LogP contribution in [-0.4, -0.2) is 23.5 Å². The van der Waals surface area contributed by atoms with Gasteiger partial charge in [0, 0.05) is 19.0 Å². The lowest BCUT2D eigenvalue weighted by atomic mass is 10.2. The van der Waals surface area contributed by atoms with Gasteiger partial charge in [-0.15, -0.1) is 0 Å². The van der Waals surface area contributed by atoms with Crippen molar-refractivity contribution in [3.05, 3.63) is 24.3 Å². The van der Waals surface area contributed by atoms with Crippen molar-refractivity contribution in [2.24, 2.45) is 0 Å². The first kappa shape index (κ1) is 13.4. The smallest absolute Gasteiger partial charge is 0.295 e. The highest BCUT2D eigenvalue weighted by molar-refractivity contribution is 5.77. The largest absolute Gasteiger partial charge is 0.424 e. The maximum atomic E-state index is 11.6. The van der Waals surface area contributed by atoms with Crippen LogP contribution in [0.1, 0.15) is 26.7 Å². The average molecular weight is 261 g/mol. The zero-order chi connectivity index (χ0) is 13.7. The predicted octanol–water partition coefficient (Wildman–Crippen LogP) is 2.54. The molecule has 2 N–H and O–H groups in total. The Morgan fingerprint density at radius 1 is 1.42 bits per heavy atom. The van der Waals surface area contributed by atoms with Gasteiger partial charge in [-0.25, -0.2) is 0 Å². The molecule has 102 valence electrons. The number of aromatic nitrogens is 1. The number of amides is 1. The molecule has 0 saturated carbocycles. The van der Waals surface area contributed by atoms with E-state index in [1.54, 1.807) is 0 Å². The molecule has 1 amide bonds. The number of carbonyl (C=O) groups is 1. The molecule has 1 aromatic heterocycles. The van der Waals surface area contributed by atoms with E-state index in [2.05, 4.69) is 15.6 Å². The molecule has 0 saturated heterocycles. The Balaban J connectivity index is 1.81. The Labute approximate surface area is 112 Å². The van der Waals surface area contributed by atoms with Crippen molar-refractivity contribution in [2.75, 3.05) is 11.9 Å². The summed E-state index contributed by atoms with van der Waals surface area (Å²) in [7, 11) is 0. The van der Waals surface area contributed by atoms with Gasteiger partial charge < -0.3 is 15.1 Å². The fourth-order valence-corrected chi connectivity index (χ4v) is 1.68. The summed E-state index contributed by atoms with van der Waals surface area (Å²) < 4.78 is 5.50. The topological polar surface area (TPSA) is 67.2 Å². The molecule has 2 aromatic rings. The number of oxazole rings is 1. The minimum Gasteiger partial charge on any atom is -0.424 e. The lowest BCUT2D eigenvalue weighted by Gasteiger charge is -2.10. The first-order valence-corrected chi connectivity index (χ1v) is 6.58. The molecule has 1 aromatic carbocycles. The van der Waals surface area contributed by atoms with Gasteiger partial charge in [-0.3, -0.25) is 4.79 Å². The Bertz CT molecular complexity index is 517. The first-order chi connectivity index (χ1) is 9.19. The standard InChI is InChI=1S/C14H19N3O2/c1-3-10(2)16-13(18)8-9-15-14-17-11-6-4-5-7-12(11)19-14/h4-7,10H,3,8-9H2,1-2H3,(H,15,17)(H,16,18). The van der Waals surface area contributed by atoms with Gasteiger partial charge in [0.05, 0.1) is 0 Å². The maximum absolute atomic E-state index is 11.6. The van der Waals surface area contributed by atoms with Crippen LogP contribution in [-0.2, 0) is 4.79 Å². The molecule has 19 heavy (non-hydrogen) atoms. The highest BCUT2D eigenvalue weighted by atomic mass is 16.4. The first-order valence-electron chi connectivity index (χ1n) is 6.58. The average Bonchev–Trinajstić information content (AvgIpc) is 2.81. The second-order valence-electron chi connectivity index (χ2n) is 4.54. The summed E-state index contributed by atoms with van der Waals surface area (Å²) in [5, 5.41) is 5.93. The van der Waals surface area contributed by atoms with Crippen molar-refractivity contribution < 1.29 is 9.21 Å². The molecule has 0 spiro atoms. The number of nitrogens with one attached hydrogen (secondary N) is 2. The molecular weight excluding hydrogens is 242 g/mol. The number of para-hydroxylation sites is 2. The number of hydrogen-bond acceptors (Lipinski definition) is 4. The quantitative estimate of drug-likeness (QED) is 0.838. The van der Waals surface area contributed by atoms with E-state index in [0.717, 1.165) is 17.5 Å². The number of carbonyl (C=O) groups excluding carboxylic acids is 1. The molecule has 5 nitrogen and oxygen atoms in total. The molecular formula is C14H19N3O2. The third-order valence-corrected chi connectivity index (χ3v) is 2.94. The number of fused-ring (bicyclic) bond motifs is 1. The molecule has 0 aliphatic rings. The summed E-state index contributed by atoms with van der Waals surface area (Å²) in [6, 6.07) is 8.24. The fraction of sp³-hybridized carbons (Fsp3) is 0.429. The van der Waals surface area contributed by atoms with Crippen LogP contribution in [0.4, 0.5) is 6.01 Å². The van der Waals surface area contributed by atoms with Gasteiger partial charge in [-0.1, -0.05) is 19.1 Å². The Hall–Kier alpha value is -2.04. The van der Waals surface area contributed by atoms with E-state index in [0.29, 0.717) is 19.0 Å². The molecule has 0 aliphatic heterocycles. The second-order valence-corrected chi connectivity index (χ2v) is 4.54. The summed E-state index contributed by atoms with van der Waals surface area (Å²) in [4.78, 5) is 15.8. The van der Waals surface area contributed by atoms with Crippen LogP contribution in [0.25, 0.3) is 11.1 Å². The number of benzene rings is 1. The highest BCUT2D eigenvalue weighted by Gasteiger charge is 2.07. The summed E-state index contributed by atoms with van der Waals surface area (Å²) in [5.41, 5.74) is 1.56. The fourth-order valence-electron chi connectivity index (χ4n) is 1.68. The highest BCUT2D eigenvalue weighted by Crippen LogP contribution is 2.17. The van der Waals surface area contributed by atoms with Gasteiger partial charge in [0.25, 0.3) is 6.01 Å². The van der Waals surface area contributed by atoms with E-state index in [1.807, 2.05) is 38.1 Å². The zero-order valence-electron chi connectivity index (χ0n) is 11.3. The molecule has 0 aliphatic carbocycles. The van der Waals surface area contributed by atoms with Gasteiger partial charge in [0.15, 0.2) is 5.58 Å².